The van der Waals surface area contributed by atoms with Crippen LogP contribution in [0.5, 0.6) is 23.0 Å². The second-order valence-corrected chi connectivity index (χ2v) is 12.2. The molecule has 4 N–H and O–H groups in total. The lowest BCUT2D eigenvalue weighted by atomic mass is 10.1. The Morgan fingerprint density at radius 3 is 1.81 bits per heavy atom. The summed E-state index contributed by atoms with van der Waals surface area (Å²) in [5.74, 6) is 1.71. The number of rotatable bonds is 14. The quantitative estimate of drug-likeness (QED) is 0.0159. The number of carboxylic acid groups (broad SMARTS) is 1. The average molecular weight is 865 g/mol. The molecule has 17 nitrogen and oxygen atoms in total. The lowest BCUT2D eigenvalue weighted by Gasteiger charge is -2.08. The first-order valence-corrected chi connectivity index (χ1v) is 19.5. The molecule has 5 aromatic rings. The van der Waals surface area contributed by atoms with E-state index in [1.54, 1.807) is 51.1 Å². The van der Waals surface area contributed by atoms with Crippen molar-refractivity contribution in [1.82, 2.24) is 0 Å². The van der Waals surface area contributed by atoms with Gasteiger partial charge in [-0.3, -0.25) is 4.89 Å². The molecule has 0 aliphatic heterocycles. The predicted molar refractivity (Wildman–Crippen MR) is 227 cm³/mol. The molecule has 62 heavy (non-hydrogen) atoms. The Morgan fingerprint density at radius 1 is 0.677 bits per heavy atom. The number of phenolic OH excluding ortho intramolecular Hbond substituents is 3. The van der Waals surface area contributed by atoms with Crippen LogP contribution in [-0.4, -0.2) is 65.9 Å². The number of carbonyl (C=O) groups excluding carboxylic acids is 1. The van der Waals surface area contributed by atoms with Crippen LogP contribution in [0, 0.1) is 12.0 Å². The largest absolute Gasteiger partial charge is 0.508 e. The smallest absolute Gasteiger partial charge is 0.351 e. The van der Waals surface area contributed by atoms with Gasteiger partial charge in [0.25, 0.3) is 5.76 Å². The topological polar surface area (TPSA) is 240 Å². The zero-order valence-electron chi connectivity index (χ0n) is 35.8. The lowest BCUT2D eigenvalue weighted by molar-refractivity contribution is -0.255. The highest BCUT2D eigenvalue weighted by molar-refractivity contribution is 5.93. The minimum Gasteiger partial charge on any atom is -0.508 e. The molecule has 0 saturated heterocycles. The summed E-state index contributed by atoms with van der Waals surface area (Å²) in [6.45, 7) is 14.4. The van der Waals surface area contributed by atoms with Crippen molar-refractivity contribution in [3.05, 3.63) is 115 Å². The summed E-state index contributed by atoms with van der Waals surface area (Å²) in [5, 5.41) is 37.7. The molecule has 0 unspecified atom stereocenters. The van der Waals surface area contributed by atoms with Crippen LogP contribution in [0.4, 0.5) is 0 Å². The van der Waals surface area contributed by atoms with Crippen molar-refractivity contribution in [2.45, 2.75) is 67.7 Å². The number of aromatic hydroxyl groups is 3. The number of ether oxygens (including phenoxy) is 3. The molecule has 2 heterocycles. The number of aryl methyl sites for hydroxylation is 3. The summed E-state index contributed by atoms with van der Waals surface area (Å²) >= 11 is 0. The molecule has 0 aliphatic carbocycles. The van der Waals surface area contributed by atoms with E-state index in [9.17, 15) is 24.3 Å². The number of aromatic carboxylic acids is 1. The lowest BCUT2D eigenvalue weighted by Crippen LogP contribution is -2.16. The molecule has 0 saturated carbocycles. The predicted octanol–water partition coefficient (Wildman–Crippen LogP) is 7.72. The molecule has 0 radical (unpaired) electrons. The number of benzene rings is 3. The Kier molecular flexibility index (Phi) is 22.1. The van der Waals surface area contributed by atoms with E-state index >= 15 is 0 Å². The van der Waals surface area contributed by atoms with E-state index in [4.69, 9.17) is 48.1 Å². The monoisotopic (exact) mass is 864 g/mol. The van der Waals surface area contributed by atoms with Gasteiger partial charge in [0, 0.05) is 34.9 Å². The molecule has 0 aliphatic rings. The summed E-state index contributed by atoms with van der Waals surface area (Å²) in [4.78, 5) is 64.1. The van der Waals surface area contributed by atoms with Gasteiger partial charge in [-0.15, -0.1) is 0 Å². The summed E-state index contributed by atoms with van der Waals surface area (Å²) in [7, 11) is 1.53. The maximum absolute atomic E-state index is 11.7. The third-order valence-electron chi connectivity index (χ3n) is 8.02. The van der Waals surface area contributed by atoms with Crippen molar-refractivity contribution >= 4 is 33.9 Å². The van der Waals surface area contributed by atoms with Crippen molar-refractivity contribution in [2.75, 3.05) is 33.5 Å². The minimum absolute atomic E-state index is 0.0713. The van der Waals surface area contributed by atoms with Crippen molar-refractivity contribution < 1.29 is 72.6 Å². The molecule has 334 valence electrons. The number of carbonyl (C=O) groups is 2. The van der Waals surface area contributed by atoms with E-state index in [2.05, 4.69) is 21.8 Å². The van der Waals surface area contributed by atoms with Gasteiger partial charge < -0.3 is 48.4 Å². The maximum atomic E-state index is 11.7. The molecule has 3 aromatic carbocycles. The Bertz CT molecular complexity index is 2450. The van der Waals surface area contributed by atoms with Gasteiger partial charge in [0.2, 0.25) is 0 Å². The summed E-state index contributed by atoms with van der Waals surface area (Å²) in [6, 6.07) is 13.8. The van der Waals surface area contributed by atoms with Gasteiger partial charge in [0.05, 0.1) is 33.5 Å². The van der Waals surface area contributed by atoms with E-state index in [1.807, 2.05) is 27.7 Å². The molecule has 0 amide bonds. The van der Waals surface area contributed by atoms with Crippen LogP contribution in [0.15, 0.2) is 85.0 Å². The first-order valence-electron chi connectivity index (χ1n) is 19.5. The van der Waals surface area contributed by atoms with E-state index in [0.717, 1.165) is 29.5 Å². The minimum atomic E-state index is -1.29. The number of esters is 1. The van der Waals surface area contributed by atoms with Crippen LogP contribution in [0.3, 0.4) is 0 Å². The zero-order valence-corrected chi connectivity index (χ0v) is 35.8. The third-order valence-corrected chi connectivity index (χ3v) is 8.02. The van der Waals surface area contributed by atoms with Gasteiger partial charge in [-0.1, -0.05) is 26.8 Å². The molecule has 0 fully saturated rings. The fourth-order valence-corrected chi connectivity index (χ4v) is 5.01. The van der Waals surface area contributed by atoms with Crippen LogP contribution < -0.4 is 16.0 Å². The molecule has 2 aromatic heterocycles. The fraction of sp³-hybridized carbons (Fsp3) is 0.333. The van der Waals surface area contributed by atoms with Crippen molar-refractivity contribution in [1.29, 1.82) is 0 Å². The highest BCUT2D eigenvalue weighted by Gasteiger charge is 2.16. The van der Waals surface area contributed by atoms with Crippen molar-refractivity contribution in [3.63, 3.8) is 0 Å². The average Bonchev–Trinajstić information content (AvgIpc) is 3.25. The van der Waals surface area contributed by atoms with Crippen LogP contribution in [-0.2, 0) is 48.3 Å². The standard InChI is InChI=1S/C14H14O5.C13H12O5.C10H16O5.C8H10O2/c1-3-8-5-9-6-10(13(16)18-4-2)14(17)19-12(9)7-11(8)15;1-3-7-4-8-5-9(12(14)15)13(16)18-11(8)6-10(7)17-2;1-4-11-9-10(15-13-6-3)7-8-14-12-5-2;1-2-6-3-4-7(9)5-8(6)10/h5-7,15H,3-4H2,1-2H3;4-6H,3H2,1-2H3,(H,14,15);9H,4-6H2,1-3H3;3-5,9-10H,2H2,1H3. The zero-order chi connectivity index (χ0) is 46.2. The normalized spacial score (nSPS) is 10.4. The third kappa shape index (κ3) is 15.8. The second kappa shape index (κ2) is 26.8. The highest BCUT2D eigenvalue weighted by atomic mass is 17.2. The molecule has 0 bridgehead atoms. The van der Waals surface area contributed by atoms with Gasteiger partial charge in [0.1, 0.15) is 51.6 Å². The van der Waals surface area contributed by atoms with Crippen LogP contribution in [0.2, 0.25) is 0 Å². The second-order valence-electron chi connectivity index (χ2n) is 12.2. The number of fused-ring (bicyclic) bond motifs is 2. The molecule has 17 heteroatoms. The number of methoxy groups -OCH3 is 1. The van der Waals surface area contributed by atoms with Crippen LogP contribution in [0.1, 0.15) is 85.9 Å². The van der Waals surface area contributed by atoms with Crippen molar-refractivity contribution in [3.8, 4) is 35.0 Å². The maximum Gasteiger partial charge on any atom is 0.351 e. The summed E-state index contributed by atoms with van der Waals surface area (Å²) < 4.78 is 25.0. The van der Waals surface area contributed by atoms with E-state index in [1.165, 1.54) is 37.6 Å². The first-order chi connectivity index (χ1) is 29.7. The number of hydrogen-bond acceptors (Lipinski definition) is 16. The van der Waals surface area contributed by atoms with Crippen LogP contribution >= 0.6 is 0 Å². The molecule has 0 atom stereocenters. The summed E-state index contributed by atoms with van der Waals surface area (Å²) in [5.41, 5.74) is 0.934. The first kappa shape index (κ1) is 51.0. The molecule has 5 rings (SSSR count). The highest BCUT2D eigenvalue weighted by Crippen LogP contribution is 2.27. The number of hydrogen-bond donors (Lipinski definition) is 4. The fourth-order valence-electron chi connectivity index (χ4n) is 5.01. The van der Waals surface area contributed by atoms with Gasteiger partial charge in [-0.2, -0.15) is 9.78 Å². The Hall–Kier alpha value is -7.16. The Morgan fingerprint density at radius 2 is 1.26 bits per heavy atom. The summed E-state index contributed by atoms with van der Waals surface area (Å²) in [6.07, 6.45) is 5.78. The Labute approximate surface area is 357 Å². The molecular weight excluding hydrogens is 812 g/mol. The van der Waals surface area contributed by atoms with Gasteiger partial charge in [0.15, 0.2) is 6.11 Å². The number of phenols is 3. The van der Waals surface area contributed by atoms with E-state index in [-0.39, 0.29) is 46.3 Å². The number of carboxylic acids is 1. The van der Waals surface area contributed by atoms with Gasteiger partial charge >= 0.3 is 23.2 Å². The molecule has 0 spiro atoms. The Balaban J connectivity index is 0.000000291. The number of allylic oxidation sites excluding steroid dienone is 1. The van der Waals surface area contributed by atoms with E-state index < -0.39 is 23.2 Å². The van der Waals surface area contributed by atoms with E-state index in [0.29, 0.717) is 48.3 Å². The van der Waals surface area contributed by atoms with Gasteiger partial charge in [-0.25, -0.2) is 19.2 Å². The van der Waals surface area contributed by atoms with Gasteiger partial charge in [-0.05, 0) is 94.0 Å². The van der Waals surface area contributed by atoms with Crippen LogP contribution in [0.25, 0.3) is 21.9 Å². The molecular formula is C45H52O17. The van der Waals surface area contributed by atoms with Crippen molar-refractivity contribution in [2.24, 2.45) is 0 Å². The SMILES string of the molecule is CCOC(=O)c1cc2cc(CC)c(O)cc2oc1=O.CCOC=C(C#COOCC)OOCC.CCc1cc2cc(C(=O)O)c(=O)oc2cc1OC.CCc1ccc(O)cc1O.